The number of hydrogen-bond donors (Lipinski definition) is 2. The average Bonchev–Trinajstić information content (AvgIpc) is 2.66. The van der Waals surface area contributed by atoms with Crippen LogP contribution in [0.2, 0.25) is 0 Å². The molecule has 0 saturated heterocycles. The first-order chi connectivity index (χ1) is 7.20. The molecule has 1 fully saturated rings. The van der Waals surface area contributed by atoms with Crippen LogP contribution in [-0.2, 0) is 0 Å². The van der Waals surface area contributed by atoms with Crippen LogP contribution < -0.4 is 5.32 Å². The topological polar surface area (TPSA) is 32.3 Å². The lowest BCUT2D eigenvalue weighted by molar-refractivity contribution is 0.0444. The monoisotopic (exact) mass is 211 g/mol. The van der Waals surface area contributed by atoms with Crippen molar-refractivity contribution in [2.24, 2.45) is 0 Å². The molecule has 2 N–H and O–H groups in total. The first kappa shape index (κ1) is 12.7. The third-order valence-electron chi connectivity index (χ3n) is 3.47. The number of rotatable bonds is 7. The molecule has 1 unspecified atom stereocenters. The van der Waals surface area contributed by atoms with Gasteiger partial charge in [-0.05, 0) is 32.1 Å². The Bertz CT molecular complexity index is 185. The van der Waals surface area contributed by atoms with E-state index in [1.54, 1.807) is 0 Å². The highest BCUT2D eigenvalue weighted by molar-refractivity contribution is 4.87. The molecule has 0 bridgehead atoms. The number of hydrogen-bond acceptors (Lipinski definition) is 2. The molecule has 0 aromatic rings. The number of allylic oxidation sites excluding steroid dienone is 1. The summed E-state index contributed by atoms with van der Waals surface area (Å²) in [4.78, 5) is 0. The van der Waals surface area contributed by atoms with E-state index >= 15 is 0 Å². The second kappa shape index (κ2) is 6.29. The molecular weight excluding hydrogens is 186 g/mol. The summed E-state index contributed by atoms with van der Waals surface area (Å²) < 4.78 is 0. The Labute approximate surface area is 93.8 Å². The summed E-state index contributed by atoms with van der Waals surface area (Å²) in [6.07, 6.45) is 9.59. The van der Waals surface area contributed by atoms with Gasteiger partial charge < -0.3 is 10.4 Å². The van der Waals surface area contributed by atoms with Crippen molar-refractivity contribution >= 4 is 0 Å². The Hall–Kier alpha value is -0.340. The second-order valence-corrected chi connectivity index (χ2v) is 4.78. The molecule has 2 nitrogen and oxygen atoms in total. The van der Waals surface area contributed by atoms with E-state index in [-0.39, 0.29) is 0 Å². The molecule has 1 aliphatic rings. The van der Waals surface area contributed by atoms with Crippen LogP contribution in [0.25, 0.3) is 0 Å². The van der Waals surface area contributed by atoms with Gasteiger partial charge in [-0.1, -0.05) is 25.8 Å². The van der Waals surface area contributed by atoms with E-state index < -0.39 is 5.60 Å². The van der Waals surface area contributed by atoms with E-state index in [4.69, 9.17) is 0 Å². The van der Waals surface area contributed by atoms with Gasteiger partial charge in [0.05, 0.1) is 5.60 Å². The molecule has 15 heavy (non-hydrogen) atoms. The Balaban J connectivity index is 2.23. The second-order valence-electron chi connectivity index (χ2n) is 4.78. The average molecular weight is 211 g/mol. The van der Waals surface area contributed by atoms with Crippen molar-refractivity contribution in [2.75, 3.05) is 6.54 Å². The van der Waals surface area contributed by atoms with Gasteiger partial charge >= 0.3 is 0 Å². The van der Waals surface area contributed by atoms with Crippen LogP contribution in [0.5, 0.6) is 0 Å². The normalized spacial score (nSPS) is 21.5. The summed E-state index contributed by atoms with van der Waals surface area (Å²) in [6, 6.07) is 0.535. The highest BCUT2D eigenvalue weighted by atomic mass is 16.3. The molecule has 0 spiro atoms. The highest BCUT2D eigenvalue weighted by Gasteiger charge is 2.30. The predicted octanol–water partition coefficient (Wildman–Crippen LogP) is 2.63. The Morgan fingerprint density at radius 1 is 1.47 bits per heavy atom. The molecule has 0 aromatic heterocycles. The fraction of sp³-hybridized carbons (Fsp3) is 0.846. The zero-order chi connectivity index (χ0) is 11.1. The summed E-state index contributed by atoms with van der Waals surface area (Å²) in [7, 11) is 0. The first-order valence-electron chi connectivity index (χ1n) is 6.27. The quantitative estimate of drug-likeness (QED) is 0.634. The van der Waals surface area contributed by atoms with Gasteiger partial charge in [0.25, 0.3) is 0 Å². The largest absolute Gasteiger partial charge is 0.389 e. The Kier molecular flexibility index (Phi) is 5.34. The molecule has 0 radical (unpaired) electrons. The zero-order valence-corrected chi connectivity index (χ0v) is 9.97. The van der Waals surface area contributed by atoms with Gasteiger partial charge in [-0.15, -0.1) is 6.58 Å². The lowest BCUT2D eigenvalue weighted by Crippen LogP contribution is -2.42. The molecule has 1 saturated carbocycles. The van der Waals surface area contributed by atoms with E-state index in [1.807, 2.05) is 6.08 Å². The van der Waals surface area contributed by atoms with E-state index in [0.29, 0.717) is 6.04 Å². The van der Waals surface area contributed by atoms with Gasteiger partial charge in [0.2, 0.25) is 0 Å². The number of aliphatic hydroxyl groups is 1. The summed E-state index contributed by atoms with van der Waals surface area (Å²) in [6.45, 7) is 6.70. The summed E-state index contributed by atoms with van der Waals surface area (Å²) in [5, 5.41) is 13.7. The lowest BCUT2D eigenvalue weighted by atomic mass is 10.0. The third-order valence-corrected chi connectivity index (χ3v) is 3.47. The molecule has 1 atom stereocenters. The van der Waals surface area contributed by atoms with Crippen molar-refractivity contribution in [3.05, 3.63) is 12.7 Å². The maximum Gasteiger partial charge on any atom is 0.0771 e. The predicted molar refractivity (Wildman–Crippen MR) is 64.9 cm³/mol. The first-order valence-corrected chi connectivity index (χ1v) is 6.27. The summed E-state index contributed by atoms with van der Waals surface area (Å²) >= 11 is 0. The van der Waals surface area contributed by atoms with Gasteiger partial charge in [0, 0.05) is 12.6 Å². The van der Waals surface area contributed by atoms with E-state index in [2.05, 4.69) is 18.8 Å². The van der Waals surface area contributed by atoms with Crippen LogP contribution in [0.3, 0.4) is 0 Å². The molecule has 88 valence electrons. The minimum atomic E-state index is -0.415. The van der Waals surface area contributed by atoms with E-state index in [1.165, 1.54) is 12.8 Å². The van der Waals surface area contributed by atoms with Crippen molar-refractivity contribution in [1.82, 2.24) is 5.32 Å². The molecular formula is C13H25NO. The molecule has 0 amide bonds. The standard InChI is InChI=1S/C13H25NO/c1-3-5-8-12(4-2)14-11-13(15)9-6-7-10-13/h3,12,14-15H,1,4-11H2,2H3. The SMILES string of the molecule is C=CCCC(CC)NCC1(O)CCCC1. The van der Waals surface area contributed by atoms with Crippen LogP contribution >= 0.6 is 0 Å². The van der Waals surface area contributed by atoms with Crippen LogP contribution in [0.15, 0.2) is 12.7 Å². The molecule has 1 rings (SSSR count). The minimum Gasteiger partial charge on any atom is -0.389 e. The van der Waals surface area contributed by atoms with Gasteiger partial charge in [0.15, 0.2) is 0 Å². The molecule has 0 aromatic carbocycles. The van der Waals surface area contributed by atoms with Crippen molar-refractivity contribution in [2.45, 2.75) is 63.5 Å². The Morgan fingerprint density at radius 3 is 2.67 bits per heavy atom. The molecule has 2 heteroatoms. The molecule has 1 aliphatic carbocycles. The summed E-state index contributed by atoms with van der Waals surface area (Å²) in [5.74, 6) is 0. The smallest absolute Gasteiger partial charge is 0.0771 e. The van der Waals surface area contributed by atoms with Crippen LogP contribution in [0.4, 0.5) is 0 Å². The van der Waals surface area contributed by atoms with Gasteiger partial charge in [-0.2, -0.15) is 0 Å². The van der Waals surface area contributed by atoms with Crippen LogP contribution in [0.1, 0.15) is 51.9 Å². The summed E-state index contributed by atoms with van der Waals surface area (Å²) in [5.41, 5.74) is -0.415. The van der Waals surface area contributed by atoms with Crippen molar-refractivity contribution in [3.63, 3.8) is 0 Å². The highest BCUT2D eigenvalue weighted by Crippen LogP contribution is 2.28. The van der Waals surface area contributed by atoms with Gasteiger partial charge in [0.1, 0.15) is 0 Å². The van der Waals surface area contributed by atoms with E-state index in [9.17, 15) is 5.11 Å². The van der Waals surface area contributed by atoms with E-state index in [0.717, 1.165) is 38.6 Å². The maximum atomic E-state index is 10.2. The fourth-order valence-electron chi connectivity index (χ4n) is 2.31. The van der Waals surface area contributed by atoms with Gasteiger partial charge in [-0.25, -0.2) is 0 Å². The zero-order valence-electron chi connectivity index (χ0n) is 9.97. The molecule has 0 heterocycles. The fourth-order valence-corrected chi connectivity index (χ4v) is 2.31. The maximum absolute atomic E-state index is 10.2. The number of nitrogens with one attached hydrogen (secondary N) is 1. The molecule has 0 aliphatic heterocycles. The lowest BCUT2D eigenvalue weighted by Gasteiger charge is -2.26. The van der Waals surface area contributed by atoms with Crippen molar-refractivity contribution < 1.29 is 5.11 Å². The van der Waals surface area contributed by atoms with Crippen LogP contribution in [0, 0.1) is 0 Å². The third kappa shape index (κ3) is 4.35. The minimum absolute atomic E-state index is 0.415. The van der Waals surface area contributed by atoms with Crippen molar-refractivity contribution in [3.8, 4) is 0 Å². The van der Waals surface area contributed by atoms with Crippen molar-refractivity contribution in [1.29, 1.82) is 0 Å². The van der Waals surface area contributed by atoms with Crippen LogP contribution in [-0.4, -0.2) is 23.3 Å². The Morgan fingerprint density at radius 2 is 2.13 bits per heavy atom. The van der Waals surface area contributed by atoms with Gasteiger partial charge in [-0.3, -0.25) is 0 Å².